The lowest BCUT2D eigenvalue weighted by Crippen LogP contribution is -2.27. The molecule has 1 saturated heterocycles. The Kier molecular flexibility index (Phi) is 4.21. The van der Waals surface area contributed by atoms with Gasteiger partial charge in [0.25, 0.3) is 5.91 Å². The van der Waals surface area contributed by atoms with Gasteiger partial charge in [0.2, 0.25) is 0 Å². The molecule has 5 heteroatoms. The summed E-state index contributed by atoms with van der Waals surface area (Å²) in [5.74, 6) is -0.0361. The topological polar surface area (TPSA) is 20.3 Å². The summed E-state index contributed by atoms with van der Waals surface area (Å²) in [6.07, 6.45) is 1.94. The van der Waals surface area contributed by atoms with Crippen LogP contribution >= 0.6 is 35.3 Å². The number of carbonyl (C=O) groups is 1. The van der Waals surface area contributed by atoms with E-state index in [0.29, 0.717) is 9.23 Å². The van der Waals surface area contributed by atoms with Crippen molar-refractivity contribution in [3.05, 3.63) is 56.1 Å². The molecule has 1 fully saturated rings. The average molecular weight is 346 g/mol. The maximum atomic E-state index is 12.7. The summed E-state index contributed by atoms with van der Waals surface area (Å²) in [6.45, 7) is 6.15. The van der Waals surface area contributed by atoms with Crippen molar-refractivity contribution < 1.29 is 4.79 Å². The van der Waals surface area contributed by atoms with E-state index in [4.69, 9.17) is 12.2 Å². The molecule has 2 aromatic rings. The highest BCUT2D eigenvalue weighted by atomic mass is 32.2. The molecule has 2 heterocycles. The minimum Gasteiger partial charge on any atom is -0.268 e. The summed E-state index contributed by atoms with van der Waals surface area (Å²) in [5.41, 5.74) is 4.39. The lowest BCUT2D eigenvalue weighted by atomic mass is 10.1. The highest BCUT2D eigenvalue weighted by molar-refractivity contribution is 8.27. The van der Waals surface area contributed by atoms with Crippen LogP contribution in [0.15, 0.2) is 34.6 Å². The molecule has 0 N–H and O–H groups in total. The lowest BCUT2D eigenvalue weighted by molar-refractivity contribution is -0.113. The predicted octanol–water partition coefficient (Wildman–Crippen LogP) is 5.08. The van der Waals surface area contributed by atoms with E-state index in [1.165, 1.54) is 22.9 Å². The maximum Gasteiger partial charge on any atom is 0.270 e. The fourth-order valence-electron chi connectivity index (χ4n) is 2.21. The van der Waals surface area contributed by atoms with E-state index in [9.17, 15) is 4.79 Å². The van der Waals surface area contributed by atoms with Crippen molar-refractivity contribution in [2.75, 3.05) is 4.90 Å². The number of benzene rings is 1. The molecule has 0 saturated carbocycles. The Bertz CT molecular complexity index is 804. The monoisotopic (exact) mass is 345 g/mol. The third kappa shape index (κ3) is 2.76. The zero-order valence-corrected chi connectivity index (χ0v) is 15.0. The molecule has 0 bridgehead atoms. The van der Waals surface area contributed by atoms with Gasteiger partial charge in [0.05, 0.1) is 10.6 Å². The van der Waals surface area contributed by atoms with E-state index in [1.54, 1.807) is 16.2 Å². The molecule has 0 atom stereocenters. The molecule has 0 unspecified atom stereocenters. The first-order chi connectivity index (χ1) is 10.5. The van der Waals surface area contributed by atoms with Gasteiger partial charge in [-0.15, -0.1) is 11.3 Å². The van der Waals surface area contributed by atoms with E-state index in [1.807, 2.05) is 43.5 Å². The highest BCUT2D eigenvalue weighted by Gasteiger charge is 2.33. The second-order valence-electron chi connectivity index (χ2n) is 5.25. The number of rotatable bonds is 2. The minimum absolute atomic E-state index is 0.0361. The van der Waals surface area contributed by atoms with E-state index in [2.05, 4.69) is 13.0 Å². The molecule has 1 aromatic carbocycles. The number of hydrogen-bond donors (Lipinski definition) is 0. The third-order valence-corrected chi connectivity index (χ3v) is 5.97. The van der Waals surface area contributed by atoms with Crippen molar-refractivity contribution >= 4 is 57.3 Å². The van der Waals surface area contributed by atoms with Gasteiger partial charge in [0.1, 0.15) is 0 Å². The maximum absolute atomic E-state index is 12.7. The van der Waals surface area contributed by atoms with Crippen LogP contribution in [0.4, 0.5) is 5.69 Å². The van der Waals surface area contributed by atoms with Crippen LogP contribution < -0.4 is 4.90 Å². The van der Waals surface area contributed by atoms with Crippen LogP contribution in [0.2, 0.25) is 0 Å². The third-order valence-electron chi connectivity index (χ3n) is 3.71. The van der Waals surface area contributed by atoms with Crippen molar-refractivity contribution in [2.24, 2.45) is 0 Å². The highest BCUT2D eigenvalue weighted by Crippen LogP contribution is 2.37. The van der Waals surface area contributed by atoms with Gasteiger partial charge in [-0.3, -0.25) is 9.69 Å². The number of hydrogen-bond acceptors (Lipinski definition) is 4. The molecule has 1 aromatic heterocycles. The first kappa shape index (κ1) is 15.5. The van der Waals surface area contributed by atoms with Crippen molar-refractivity contribution in [1.82, 2.24) is 0 Å². The molecule has 1 amide bonds. The Morgan fingerprint density at radius 3 is 2.50 bits per heavy atom. The standard InChI is InChI=1S/C17H15NOS3/c1-10-4-5-13(8-12(10)3)18-16(19)15(22-17(18)20)9-14-11(2)6-7-21-14/h4-9H,1-3H3/b15-9-. The number of nitrogens with zero attached hydrogens (tertiary/aromatic N) is 1. The Balaban J connectivity index is 1.96. The Labute approximate surface area is 143 Å². The summed E-state index contributed by atoms with van der Waals surface area (Å²) in [6, 6.07) is 8.04. The van der Waals surface area contributed by atoms with Gasteiger partial charge in [-0.2, -0.15) is 0 Å². The Morgan fingerprint density at radius 2 is 1.86 bits per heavy atom. The van der Waals surface area contributed by atoms with E-state index >= 15 is 0 Å². The van der Waals surface area contributed by atoms with Crippen molar-refractivity contribution in [2.45, 2.75) is 20.8 Å². The largest absolute Gasteiger partial charge is 0.270 e. The fraction of sp³-hybridized carbons (Fsp3) is 0.176. The molecule has 2 nitrogen and oxygen atoms in total. The predicted molar refractivity (Wildman–Crippen MR) is 101 cm³/mol. The zero-order valence-electron chi connectivity index (χ0n) is 12.5. The molecule has 1 aliphatic heterocycles. The summed E-state index contributed by atoms with van der Waals surface area (Å²) in [4.78, 5) is 16.1. The summed E-state index contributed by atoms with van der Waals surface area (Å²) in [5, 5.41) is 2.03. The molecule has 0 aliphatic carbocycles. The van der Waals surface area contributed by atoms with Crippen LogP contribution in [-0.2, 0) is 4.79 Å². The number of carbonyl (C=O) groups excluding carboxylic acids is 1. The number of anilines is 1. The minimum atomic E-state index is -0.0361. The second-order valence-corrected chi connectivity index (χ2v) is 7.88. The van der Waals surface area contributed by atoms with Crippen molar-refractivity contribution in [1.29, 1.82) is 0 Å². The first-order valence-corrected chi connectivity index (χ1v) is 8.97. The lowest BCUT2D eigenvalue weighted by Gasteiger charge is -2.15. The Hall–Kier alpha value is -1.43. The van der Waals surface area contributed by atoms with Gasteiger partial charge in [0, 0.05) is 4.88 Å². The smallest absolute Gasteiger partial charge is 0.268 e. The quantitative estimate of drug-likeness (QED) is 0.559. The number of thiophene rings is 1. The van der Waals surface area contributed by atoms with Crippen molar-refractivity contribution in [3.8, 4) is 0 Å². The summed E-state index contributed by atoms with van der Waals surface area (Å²) < 4.78 is 0.591. The Morgan fingerprint density at radius 1 is 1.09 bits per heavy atom. The van der Waals surface area contributed by atoms with Gasteiger partial charge in [-0.05, 0) is 67.1 Å². The fourth-order valence-corrected chi connectivity index (χ4v) is 4.42. The molecular formula is C17H15NOS3. The zero-order chi connectivity index (χ0) is 15.9. The number of thioether (sulfide) groups is 1. The number of amides is 1. The van der Waals surface area contributed by atoms with Crippen LogP contribution in [0.5, 0.6) is 0 Å². The molecule has 22 heavy (non-hydrogen) atoms. The van der Waals surface area contributed by atoms with Crippen LogP contribution in [0.3, 0.4) is 0 Å². The van der Waals surface area contributed by atoms with Gasteiger partial charge in [-0.1, -0.05) is 30.0 Å². The van der Waals surface area contributed by atoms with Gasteiger partial charge in [0.15, 0.2) is 4.32 Å². The van der Waals surface area contributed by atoms with E-state index in [0.717, 1.165) is 16.1 Å². The molecule has 0 radical (unpaired) electrons. The summed E-state index contributed by atoms with van der Waals surface area (Å²) in [7, 11) is 0. The van der Waals surface area contributed by atoms with Gasteiger partial charge in [-0.25, -0.2) is 0 Å². The first-order valence-electron chi connectivity index (χ1n) is 6.86. The average Bonchev–Trinajstić information content (AvgIpc) is 2.99. The normalized spacial score (nSPS) is 16.9. The number of thiocarbonyl (C=S) groups is 1. The van der Waals surface area contributed by atoms with E-state index < -0.39 is 0 Å². The molecule has 0 spiro atoms. The van der Waals surface area contributed by atoms with Crippen LogP contribution in [0.25, 0.3) is 6.08 Å². The SMILES string of the molecule is Cc1ccc(N2C(=O)/C(=C/c3sccc3C)SC2=S)cc1C. The number of aryl methyl sites for hydroxylation is 3. The summed E-state index contributed by atoms with van der Waals surface area (Å²) >= 11 is 8.42. The van der Waals surface area contributed by atoms with Crippen molar-refractivity contribution in [3.63, 3.8) is 0 Å². The molecule has 3 rings (SSSR count). The van der Waals surface area contributed by atoms with Crippen LogP contribution in [0.1, 0.15) is 21.6 Å². The van der Waals surface area contributed by atoms with Gasteiger partial charge < -0.3 is 0 Å². The second kappa shape index (κ2) is 5.99. The molecule has 1 aliphatic rings. The van der Waals surface area contributed by atoms with E-state index in [-0.39, 0.29) is 5.91 Å². The molecular weight excluding hydrogens is 330 g/mol. The van der Waals surface area contributed by atoms with Crippen LogP contribution in [0, 0.1) is 20.8 Å². The molecule has 112 valence electrons. The van der Waals surface area contributed by atoms with Gasteiger partial charge >= 0.3 is 0 Å². The van der Waals surface area contributed by atoms with Crippen LogP contribution in [-0.4, -0.2) is 10.2 Å².